The molecule has 0 bridgehead atoms. The first kappa shape index (κ1) is 31.9. The van der Waals surface area contributed by atoms with Crippen LogP contribution in [-0.2, 0) is 20.7 Å². The van der Waals surface area contributed by atoms with Crippen LogP contribution in [0.4, 0.5) is 14.9 Å². The lowest BCUT2D eigenvalue weighted by molar-refractivity contribution is -0.159. The van der Waals surface area contributed by atoms with Gasteiger partial charge in [-0.25, -0.2) is 14.0 Å². The summed E-state index contributed by atoms with van der Waals surface area (Å²) in [5, 5.41) is 2.23. The molecule has 1 fully saturated rings. The van der Waals surface area contributed by atoms with Gasteiger partial charge in [0.15, 0.2) is 11.6 Å². The third-order valence-electron chi connectivity index (χ3n) is 6.64. The predicted molar refractivity (Wildman–Crippen MR) is 171 cm³/mol. The fourth-order valence-electron chi connectivity index (χ4n) is 4.71. The summed E-state index contributed by atoms with van der Waals surface area (Å²) >= 11 is 1.79. The quantitative estimate of drug-likeness (QED) is 0.167. The Balaban J connectivity index is 1.22. The highest BCUT2D eigenvalue weighted by molar-refractivity contribution is 8.12. The number of anilines is 1. The third-order valence-corrected chi connectivity index (χ3v) is 8.42. The van der Waals surface area contributed by atoms with E-state index in [2.05, 4.69) is 15.0 Å². The molecular formula is C32H31FN4O6S2. The molecule has 1 unspecified atom stereocenters. The number of thiophene rings is 1. The van der Waals surface area contributed by atoms with Crippen molar-refractivity contribution >= 4 is 62.2 Å². The number of carbonyl (C=O) groups excluding carboxylic acids is 4. The van der Waals surface area contributed by atoms with Gasteiger partial charge in [-0.3, -0.25) is 19.3 Å². The molecule has 3 amide bonds. The standard InChI is InChI=1S/C32H31FN4O6S2/c1-32(2,3)43-30(40)23-10-7-15-37(23)29(39)26-18-22-28(44-26)25(13-14-34-22)42-24-12-11-20(17-21(24)33)35-31(41)36-45-27(38)16-19-8-5-4-6-9-19/h4-6,8-9,11-14,17-18,23H,7,10,15-16H2,1-3H3,(H2,35,36,41). The van der Waals surface area contributed by atoms with E-state index < -0.39 is 29.5 Å². The molecule has 0 spiro atoms. The Morgan fingerprint density at radius 2 is 1.84 bits per heavy atom. The summed E-state index contributed by atoms with van der Waals surface area (Å²) in [6.07, 6.45) is 2.85. The van der Waals surface area contributed by atoms with Crippen LogP contribution in [0.25, 0.3) is 10.2 Å². The second-order valence-electron chi connectivity index (χ2n) is 11.3. The number of amides is 3. The summed E-state index contributed by atoms with van der Waals surface area (Å²) in [4.78, 5) is 56.8. The first-order valence-corrected chi connectivity index (χ1v) is 15.8. The number of nitrogens with one attached hydrogen (secondary N) is 2. The minimum Gasteiger partial charge on any atom is -0.458 e. The molecule has 10 nitrogen and oxygen atoms in total. The smallest absolute Gasteiger partial charge is 0.329 e. The zero-order valence-corrected chi connectivity index (χ0v) is 26.4. The van der Waals surface area contributed by atoms with E-state index in [0.29, 0.717) is 52.2 Å². The molecule has 234 valence electrons. The van der Waals surface area contributed by atoms with Gasteiger partial charge in [0, 0.05) is 48.9 Å². The van der Waals surface area contributed by atoms with Crippen molar-refractivity contribution in [2.75, 3.05) is 11.9 Å². The lowest BCUT2D eigenvalue weighted by atomic mass is 10.1. The molecule has 13 heteroatoms. The SMILES string of the molecule is CC(C)(C)OC(=O)C1CCCN1C(=O)c1cc2nccc(Oc3ccc(NC(=O)NSC(=O)Cc4ccccc4)cc3F)c2s1. The molecule has 2 aromatic heterocycles. The maximum Gasteiger partial charge on any atom is 0.329 e. The number of pyridine rings is 1. The molecule has 0 saturated carbocycles. The normalized spacial score (nSPS) is 14.7. The number of urea groups is 1. The summed E-state index contributed by atoms with van der Waals surface area (Å²) < 4.78 is 29.4. The number of hydrogen-bond acceptors (Lipinski definition) is 9. The molecular weight excluding hydrogens is 620 g/mol. The van der Waals surface area contributed by atoms with Gasteiger partial charge < -0.3 is 19.7 Å². The fourth-order valence-corrected chi connectivity index (χ4v) is 6.22. The van der Waals surface area contributed by atoms with Crippen LogP contribution in [0, 0.1) is 5.82 Å². The molecule has 3 heterocycles. The Bertz CT molecular complexity index is 1740. The van der Waals surface area contributed by atoms with E-state index in [4.69, 9.17) is 9.47 Å². The number of aromatic nitrogens is 1. The van der Waals surface area contributed by atoms with Gasteiger partial charge >= 0.3 is 12.0 Å². The third kappa shape index (κ3) is 8.17. The molecule has 1 aliphatic rings. The number of esters is 1. The van der Waals surface area contributed by atoms with Crippen molar-refractivity contribution in [1.29, 1.82) is 0 Å². The number of ether oxygens (including phenoxy) is 2. The highest BCUT2D eigenvalue weighted by Gasteiger charge is 2.38. The number of halogens is 1. The molecule has 5 rings (SSSR count). The van der Waals surface area contributed by atoms with Crippen molar-refractivity contribution in [1.82, 2.24) is 14.6 Å². The number of rotatable bonds is 7. The Morgan fingerprint density at radius 3 is 2.58 bits per heavy atom. The van der Waals surface area contributed by atoms with Crippen LogP contribution in [0.1, 0.15) is 48.8 Å². The van der Waals surface area contributed by atoms with Gasteiger partial charge in [-0.2, -0.15) is 0 Å². The van der Waals surface area contributed by atoms with E-state index in [0.717, 1.165) is 23.0 Å². The van der Waals surface area contributed by atoms with E-state index in [1.165, 1.54) is 23.2 Å². The predicted octanol–water partition coefficient (Wildman–Crippen LogP) is 6.71. The van der Waals surface area contributed by atoms with Gasteiger partial charge in [-0.1, -0.05) is 30.3 Å². The zero-order chi connectivity index (χ0) is 32.1. The van der Waals surface area contributed by atoms with E-state index in [9.17, 15) is 19.2 Å². The molecule has 1 atom stereocenters. The van der Waals surface area contributed by atoms with Gasteiger partial charge in [0.25, 0.3) is 5.91 Å². The topological polar surface area (TPSA) is 127 Å². The molecule has 0 radical (unpaired) electrons. The van der Waals surface area contributed by atoms with Crippen LogP contribution in [0.3, 0.4) is 0 Å². The Hall–Kier alpha value is -4.49. The Morgan fingerprint density at radius 1 is 1.07 bits per heavy atom. The molecule has 0 aliphatic carbocycles. The van der Waals surface area contributed by atoms with Crippen LogP contribution < -0.4 is 14.8 Å². The minimum absolute atomic E-state index is 0.105. The van der Waals surface area contributed by atoms with Crippen LogP contribution in [-0.4, -0.2) is 51.1 Å². The Labute approximate surface area is 267 Å². The van der Waals surface area contributed by atoms with Gasteiger partial charge in [0.1, 0.15) is 17.4 Å². The van der Waals surface area contributed by atoms with Crippen molar-refractivity contribution in [2.45, 2.75) is 51.7 Å². The first-order valence-electron chi connectivity index (χ1n) is 14.2. The van der Waals surface area contributed by atoms with Gasteiger partial charge in [-0.15, -0.1) is 11.3 Å². The van der Waals surface area contributed by atoms with Gasteiger partial charge in [-0.05, 0) is 57.4 Å². The lowest BCUT2D eigenvalue weighted by Gasteiger charge is -2.27. The number of benzene rings is 2. The summed E-state index contributed by atoms with van der Waals surface area (Å²) in [6.45, 7) is 5.78. The van der Waals surface area contributed by atoms with E-state index in [1.807, 2.05) is 30.3 Å². The zero-order valence-electron chi connectivity index (χ0n) is 24.8. The summed E-state index contributed by atoms with van der Waals surface area (Å²) in [5.41, 5.74) is 0.802. The summed E-state index contributed by atoms with van der Waals surface area (Å²) in [7, 11) is 0. The minimum atomic E-state index is -0.740. The molecule has 1 aliphatic heterocycles. The van der Waals surface area contributed by atoms with Gasteiger partial charge in [0.05, 0.1) is 15.1 Å². The highest BCUT2D eigenvalue weighted by atomic mass is 32.2. The first-order chi connectivity index (χ1) is 21.5. The van der Waals surface area contributed by atoms with Crippen molar-refractivity contribution in [2.24, 2.45) is 0 Å². The fraction of sp³-hybridized carbons (Fsp3) is 0.281. The summed E-state index contributed by atoms with van der Waals surface area (Å²) in [5.74, 6) is -1.29. The van der Waals surface area contributed by atoms with Crippen molar-refractivity contribution < 1.29 is 33.0 Å². The monoisotopic (exact) mass is 650 g/mol. The molecule has 1 saturated heterocycles. The van der Waals surface area contributed by atoms with Crippen LogP contribution >= 0.6 is 23.3 Å². The molecule has 45 heavy (non-hydrogen) atoms. The van der Waals surface area contributed by atoms with Crippen molar-refractivity contribution in [3.63, 3.8) is 0 Å². The second kappa shape index (κ2) is 13.7. The van der Waals surface area contributed by atoms with Crippen LogP contribution in [0.15, 0.2) is 66.9 Å². The summed E-state index contributed by atoms with van der Waals surface area (Å²) in [6, 6.07) is 14.9. The highest BCUT2D eigenvalue weighted by Crippen LogP contribution is 2.37. The average Bonchev–Trinajstić information content (AvgIpc) is 3.65. The van der Waals surface area contributed by atoms with Crippen LogP contribution in [0.5, 0.6) is 11.5 Å². The largest absolute Gasteiger partial charge is 0.458 e. The second-order valence-corrected chi connectivity index (χ2v) is 13.2. The van der Waals surface area contributed by atoms with Crippen molar-refractivity contribution in [3.05, 3.63) is 83.1 Å². The van der Waals surface area contributed by atoms with Gasteiger partial charge in [0.2, 0.25) is 5.12 Å². The molecule has 4 aromatic rings. The number of likely N-dealkylation sites (tertiary alicyclic amines) is 1. The number of carbonyl (C=O) groups is 4. The number of fused-ring (bicyclic) bond motifs is 1. The maximum atomic E-state index is 15.0. The molecule has 2 aromatic carbocycles. The lowest BCUT2D eigenvalue weighted by Crippen LogP contribution is -2.43. The van der Waals surface area contributed by atoms with E-state index in [1.54, 1.807) is 32.9 Å². The average molecular weight is 651 g/mol. The van der Waals surface area contributed by atoms with Crippen LogP contribution in [0.2, 0.25) is 0 Å². The molecule has 2 N–H and O–H groups in total. The maximum absolute atomic E-state index is 15.0. The van der Waals surface area contributed by atoms with Crippen molar-refractivity contribution in [3.8, 4) is 11.5 Å². The Kier molecular flexibility index (Phi) is 9.68. The van der Waals surface area contributed by atoms with E-state index >= 15 is 4.39 Å². The number of nitrogens with zero attached hydrogens (tertiary/aromatic N) is 2. The number of hydrogen-bond donors (Lipinski definition) is 2. The van der Waals surface area contributed by atoms with E-state index in [-0.39, 0.29) is 28.9 Å².